The molecule has 1 heterocycles. The molecule has 0 spiro atoms. The first-order valence-corrected chi connectivity index (χ1v) is 11.9. The smallest absolute Gasteiger partial charge is 0.307 e. The van der Waals surface area contributed by atoms with E-state index in [1.807, 2.05) is 73.7 Å². The summed E-state index contributed by atoms with van der Waals surface area (Å²) in [5.74, 6) is 0.678. The zero-order chi connectivity index (χ0) is 24.9. The van der Waals surface area contributed by atoms with Crippen molar-refractivity contribution in [3.8, 4) is 11.5 Å². The highest BCUT2D eigenvalue weighted by Gasteiger charge is 2.15. The number of furan rings is 1. The lowest BCUT2D eigenvalue weighted by atomic mass is 10.1. The minimum Gasteiger partial charge on any atom is -0.490 e. The third-order valence-corrected chi connectivity index (χ3v) is 5.87. The standard InChI is InChI=1S/C29H23ClN2O4/c1-2-34-26-15-20(14-24(30)28(26)35-18-19-8-4-3-5-9-19)17-31-32-29(33)27-16-23-22-11-7-6-10-21(22)12-13-25(23)36-27/h3-17H,2,18H2,1H3,(H,32,33)/b31-17+. The Morgan fingerprint density at radius 1 is 0.972 bits per heavy atom. The van der Waals surface area contributed by atoms with Crippen molar-refractivity contribution in [3.05, 3.63) is 107 Å². The van der Waals surface area contributed by atoms with Crippen LogP contribution in [-0.2, 0) is 6.61 Å². The van der Waals surface area contributed by atoms with Gasteiger partial charge in [0.05, 0.1) is 17.8 Å². The quantitative estimate of drug-likeness (QED) is 0.185. The zero-order valence-corrected chi connectivity index (χ0v) is 20.3. The van der Waals surface area contributed by atoms with Gasteiger partial charge in [-0.15, -0.1) is 0 Å². The van der Waals surface area contributed by atoms with E-state index in [0.29, 0.717) is 40.9 Å². The summed E-state index contributed by atoms with van der Waals surface area (Å²) in [5, 5.41) is 7.44. The van der Waals surface area contributed by atoms with Gasteiger partial charge in [0.15, 0.2) is 17.3 Å². The largest absolute Gasteiger partial charge is 0.490 e. The van der Waals surface area contributed by atoms with Crippen molar-refractivity contribution in [1.82, 2.24) is 5.43 Å². The summed E-state index contributed by atoms with van der Waals surface area (Å²) in [4.78, 5) is 12.7. The van der Waals surface area contributed by atoms with E-state index in [-0.39, 0.29) is 5.76 Å². The predicted molar refractivity (Wildman–Crippen MR) is 142 cm³/mol. The number of hydrogen-bond acceptors (Lipinski definition) is 5. The maximum atomic E-state index is 12.7. The van der Waals surface area contributed by atoms with Crippen molar-refractivity contribution in [1.29, 1.82) is 0 Å². The lowest BCUT2D eigenvalue weighted by Crippen LogP contribution is -2.16. The molecule has 0 saturated heterocycles. The average molecular weight is 499 g/mol. The lowest BCUT2D eigenvalue weighted by Gasteiger charge is -2.14. The first-order chi connectivity index (χ1) is 17.6. The van der Waals surface area contributed by atoms with Crippen LogP contribution >= 0.6 is 11.6 Å². The van der Waals surface area contributed by atoms with Crippen molar-refractivity contribution in [3.63, 3.8) is 0 Å². The summed E-state index contributed by atoms with van der Waals surface area (Å²) >= 11 is 6.50. The van der Waals surface area contributed by atoms with Gasteiger partial charge in [0.2, 0.25) is 0 Å². The van der Waals surface area contributed by atoms with Crippen molar-refractivity contribution in [2.75, 3.05) is 6.61 Å². The minimum absolute atomic E-state index is 0.177. The van der Waals surface area contributed by atoms with Gasteiger partial charge in [0.25, 0.3) is 0 Å². The van der Waals surface area contributed by atoms with E-state index in [1.165, 1.54) is 6.21 Å². The number of amides is 1. The molecule has 0 aliphatic heterocycles. The first kappa shape index (κ1) is 23.5. The number of carbonyl (C=O) groups is 1. The second-order valence-electron chi connectivity index (χ2n) is 8.05. The number of halogens is 1. The summed E-state index contributed by atoms with van der Waals surface area (Å²) in [5.41, 5.74) is 4.81. The number of nitrogens with zero attached hydrogens (tertiary/aromatic N) is 1. The average Bonchev–Trinajstić information content (AvgIpc) is 3.34. The minimum atomic E-state index is -0.453. The van der Waals surface area contributed by atoms with Gasteiger partial charge in [-0.25, -0.2) is 5.43 Å². The molecule has 7 heteroatoms. The molecule has 0 aliphatic rings. The molecule has 180 valence electrons. The van der Waals surface area contributed by atoms with Gasteiger partial charge >= 0.3 is 5.91 Å². The molecule has 0 atom stereocenters. The maximum absolute atomic E-state index is 12.7. The molecule has 0 fully saturated rings. The Morgan fingerprint density at radius 2 is 1.78 bits per heavy atom. The second-order valence-corrected chi connectivity index (χ2v) is 8.45. The van der Waals surface area contributed by atoms with Crippen LogP contribution in [0.5, 0.6) is 11.5 Å². The van der Waals surface area contributed by atoms with Crippen LogP contribution in [0.4, 0.5) is 0 Å². The first-order valence-electron chi connectivity index (χ1n) is 11.5. The lowest BCUT2D eigenvalue weighted by molar-refractivity contribution is 0.0929. The van der Waals surface area contributed by atoms with Crippen LogP contribution in [0.1, 0.15) is 28.6 Å². The van der Waals surface area contributed by atoms with E-state index >= 15 is 0 Å². The third kappa shape index (κ3) is 5.04. The monoisotopic (exact) mass is 498 g/mol. The normalized spacial score (nSPS) is 11.3. The van der Waals surface area contributed by atoms with Crippen LogP contribution in [0, 0.1) is 0 Å². The maximum Gasteiger partial charge on any atom is 0.307 e. The Morgan fingerprint density at radius 3 is 2.61 bits per heavy atom. The van der Waals surface area contributed by atoms with Crippen LogP contribution < -0.4 is 14.9 Å². The van der Waals surface area contributed by atoms with Crippen molar-refractivity contribution in [2.24, 2.45) is 5.10 Å². The summed E-state index contributed by atoms with van der Waals surface area (Å²) in [7, 11) is 0. The van der Waals surface area contributed by atoms with Gasteiger partial charge in [-0.2, -0.15) is 5.10 Å². The van der Waals surface area contributed by atoms with Gasteiger partial charge < -0.3 is 13.9 Å². The molecule has 1 amide bonds. The molecule has 0 aliphatic carbocycles. The van der Waals surface area contributed by atoms with Crippen molar-refractivity contribution < 1.29 is 18.7 Å². The highest BCUT2D eigenvalue weighted by Crippen LogP contribution is 2.37. The Hall–Kier alpha value is -4.29. The molecular formula is C29H23ClN2O4. The van der Waals surface area contributed by atoms with Gasteiger partial charge in [-0.1, -0.05) is 72.3 Å². The summed E-state index contributed by atoms with van der Waals surface area (Å²) in [6, 6.07) is 26.8. The third-order valence-electron chi connectivity index (χ3n) is 5.59. The zero-order valence-electron chi connectivity index (χ0n) is 19.5. The van der Waals surface area contributed by atoms with Crippen LogP contribution in [0.3, 0.4) is 0 Å². The van der Waals surface area contributed by atoms with Gasteiger partial charge in [0, 0.05) is 5.39 Å². The van der Waals surface area contributed by atoms with E-state index in [1.54, 1.807) is 18.2 Å². The van der Waals surface area contributed by atoms with Crippen LogP contribution in [0.25, 0.3) is 21.7 Å². The number of nitrogens with one attached hydrogen (secondary N) is 1. The summed E-state index contributed by atoms with van der Waals surface area (Å²) in [6.07, 6.45) is 1.49. The van der Waals surface area contributed by atoms with Crippen molar-refractivity contribution >= 4 is 45.5 Å². The molecule has 0 radical (unpaired) electrons. The molecule has 0 unspecified atom stereocenters. The number of rotatable bonds is 8. The number of benzene rings is 4. The summed E-state index contributed by atoms with van der Waals surface area (Å²) < 4.78 is 17.4. The molecular weight excluding hydrogens is 476 g/mol. The SMILES string of the molecule is CCOc1cc(/C=N/NC(=O)c2cc3c(ccc4ccccc43)o2)cc(Cl)c1OCc1ccccc1. The van der Waals surface area contributed by atoms with E-state index in [9.17, 15) is 4.79 Å². The second kappa shape index (κ2) is 10.5. The molecule has 6 nitrogen and oxygen atoms in total. The number of ether oxygens (including phenoxy) is 2. The Balaban J connectivity index is 1.31. The number of fused-ring (bicyclic) bond motifs is 3. The van der Waals surface area contributed by atoms with Gasteiger partial charge in [-0.3, -0.25) is 4.79 Å². The van der Waals surface area contributed by atoms with Gasteiger partial charge in [0.1, 0.15) is 12.2 Å². The topological polar surface area (TPSA) is 73.1 Å². The van der Waals surface area contributed by atoms with E-state index in [0.717, 1.165) is 21.7 Å². The van der Waals surface area contributed by atoms with E-state index < -0.39 is 5.91 Å². The molecule has 0 saturated carbocycles. The Bertz CT molecular complexity index is 1560. The molecule has 4 aromatic carbocycles. The highest BCUT2D eigenvalue weighted by atomic mass is 35.5. The molecule has 36 heavy (non-hydrogen) atoms. The number of carbonyl (C=O) groups excluding carboxylic acids is 1. The van der Waals surface area contributed by atoms with Crippen LogP contribution in [0.15, 0.2) is 94.4 Å². The number of hydrogen-bond donors (Lipinski definition) is 1. The van der Waals surface area contributed by atoms with E-state index in [2.05, 4.69) is 10.5 Å². The predicted octanol–water partition coefficient (Wildman–Crippen LogP) is 6.98. The van der Waals surface area contributed by atoms with Crippen LogP contribution in [0.2, 0.25) is 5.02 Å². The molecule has 5 rings (SSSR count). The molecule has 1 N–H and O–H groups in total. The highest BCUT2D eigenvalue weighted by molar-refractivity contribution is 6.32. The Kier molecular flexibility index (Phi) is 6.87. The summed E-state index contributed by atoms with van der Waals surface area (Å²) in [6.45, 7) is 2.68. The van der Waals surface area contributed by atoms with Crippen molar-refractivity contribution in [2.45, 2.75) is 13.5 Å². The fourth-order valence-corrected chi connectivity index (χ4v) is 4.19. The number of hydrazone groups is 1. The molecule has 1 aromatic heterocycles. The fraction of sp³-hybridized carbons (Fsp3) is 0.103. The van der Waals surface area contributed by atoms with Gasteiger partial charge in [-0.05, 0) is 53.1 Å². The molecule has 0 bridgehead atoms. The Labute approximate surface area is 213 Å². The van der Waals surface area contributed by atoms with Crippen LogP contribution in [-0.4, -0.2) is 18.7 Å². The van der Waals surface area contributed by atoms with E-state index in [4.69, 9.17) is 25.5 Å². The molecule has 5 aromatic rings. The fourth-order valence-electron chi connectivity index (χ4n) is 3.92.